The van der Waals surface area contributed by atoms with Crippen molar-refractivity contribution in [3.63, 3.8) is 0 Å². The predicted octanol–water partition coefficient (Wildman–Crippen LogP) is 2.09. The molecule has 3 saturated heterocycles. The van der Waals surface area contributed by atoms with Crippen molar-refractivity contribution in [2.24, 2.45) is 10.7 Å². The molecule has 6 nitrogen and oxygen atoms in total. The number of benzene rings is 1. The van der Waals surface area contributed by atoms with E-state index in [2.05, 4.69) is 14.7 Å². The highest BCUT2D eigenvalue weighted by atomic mass is 127. The summed E-state index contributed by atoms with van der Waals surface area (Å²) in [4.78, 5) is 11.9. The van der Waals surface area contributed by atoms with Gasteiger partial charge < -0.3 is 20.3 Å². The lowest BCUT2D eigenvalue weighted by molar-refractivity contribution is -0.0105. The minimum absolute atomic E-state index is 0. The first kappa shape index (κ1) is 22.9. The molecular formula is C20H31FIN5OS. The second-order valence-electron chi connectivity index (χ2n) is 7.75. The van der Waals surface area contributed by atoms with E-state index in [-0.39, 0.29) is 35.3 Å². The first-order chi connectivity index (χ1) is 13.7. The molecule has 2 N–H and O–H groups in total. The van der Waals surface area contributed by atoms with Crippen molar-refractivity contribution in [3.8, 4) is 0 Å². The van der Waals surface area contributed by atoms with E-state index in [0.717, 1.165) is 70.5 Å². The minimum Gasteiger partial charge on any atom is -0.379 e. The zero-order valence-corrected chi connectivity index (χ0v) is 19.9. The topological polar surface area (TPSA) is 57.3 Å². The number of morpholine rings is 1. The van der Waals surface area contributed by atoms with Gasteiger partial charge in [-0.1, -0.05) is 0 Å². The Morgan fingerprint density at radius 3 is 2.41 bits per heavy atom. The van der Waals surface area contributed by atoms with Crippen LogP contribution in [0.25, 0.3) is 0 Å². The van der Waals surface area contributed by atoms with Crippen LogP contribution in [0, 0.1) is 5.82 Å². The molecule has 0 amide bonds. The minimum atomic E-state index is -0.196. The Morgan fingerprint density at radius 1 is 1.10 bits per heavy atom. The second-order valence-corrected chi connectivity index (χ2v) is 8.86. The van der Waals surface area contributed by atoms with Gasteiger partial charge in [-0.15, -0.1) is 24.0 Å². The molecule has 9 heteroatoms. The summed E-state index contributed by atoms with van der Waals surface area (Å²) in [6.07, 6.45) is 1.17. The van der Waals surface area contributed by atoms with Crippen molar-refractivity contribution in [2.75, 3.05) is 75.4 Å². The van der Waals surface area contributed by atoms with Crippen LogP contribution in [0.15, 0.2) is 29.3 Å². The number of rotatable bonds is 4. The van der Waals surface area contributed by atoms with E-state index in [0.29, 0.717) is 5.96 Å². The van der Waals surface area contributed by atoms with E-state index in [9.17, 15) is 4.39 Å². The molecule has 0 radical (unpaired) electrons. The van der Waals surface area contributed by atoms with Gasteiger partial charge in [0.05, 0.1) is 25.3 Å². The van der Waals surface area contributed by atoms with Crippen molar-refractivity contribution in [2.45, 2.75) is 12.0 Å². The lowest BCUT2D eigenvalue weighted by Gasteiger charge is -2.42. The zero-order chi connectivity index (χ0) is 19.4. The lowest BCUT2D eigenvalue weighted by atomic mass is 9.96. The van der Waals surface area contributed by atoms with Crippen LogP contribution >= 0.6 is 35.7 Å². The van der Waals surface area contributed by atoms with Gasteiger partial charge >= 0.3 is 0 Å². The van der Waals surface area contributed by atoms with Crippen molar-refractivity contribution in [3.05, 3.63) is 30.1 Å². The fraction of sp³-hybridized carbons (Fsp3) is 0.650. The Balaban J connectivity index is 0.00000240. The summed E-state index contributed by atoms with van der Waals surface area (Å²) < 4.78 is 18.7. The van der Waals surface area contributed by atoms with Gasteiger partial charge in [-0.25, -0.2) is 4.39 Å². The average Bonchev–Trinajstić information content (AvgIpc) is 3.24. The van der Waals surface area contributed by atoms with Crippen LogP contribution in [0.3, 0.4) is 0 Å². The number of piperazine rings is 1. The van der Waals surface area contributed by atoms with Crippen LogP contribution in [0.5, 0.6) is 0 Å². The number of nitrogens with two attached hydrogens (primary N) is 1. The molecule has 3 fully saturated rings. The third-order valence-electron chi connectivity index (χ3n) is 6.10. The number of ether oxygens (including phenoxy) is 1. The summed E-state index contributed by atoms with van der Waals surface area (Å²) in [6.45, 7) is 7.80. The molecule has 1 aromatic rings. The second kappa shape index (κ2) is 10.5. The van der Waals surface area contributed by atoms with E-state index in [1.165, 1.54) is 24.3 Å². The third-order valence-corrected chi connectivity index (χ3v) is 7.33. The van der Waals surface area contributed by atoms with Gasteiger partial charge in [0.15, 0.2) is 5.96 Å². The van der Waals surface area contributed by atoms with Gasteiger partial charge in [-0.05, 0) is 36.4 Å². The highest BCUT2D eigenvalue weighted by Crippen LogP contribution is 2.34. The van der Waals surface area contributed by atoms with Gasteiger partial charge in [0.1, 0.15) is 5.82 Å². The molecule has 1 aromatic carbocycles. The number of nitrogens with zero attached hydrogens (tertiary/aromatic N) is 4. The number of aliphatic imine (C=N–C) groups is 1. The largest absolute Gasteiger partial charge is 0.379 e. The quantitative estimate of drug-likeness (QED) is 0.362. The number of hydrogen-bond acceptors (Lipinski definition) is 5. The number of hydrogen-bond donors (Lipinski definition) is 1. The smallest absolute Gasteiger partial charge is 0.191 e. The van der Waals surface area contributed by atoms with E-state index in [1.807, 2.05) is 23.9 Å². The molecule has 3 heterocycles. The fourth-order valence-electron chi connectivity index (χ4n) is 4.28. The summed E-state index contributed by atoms with van der Waals surface area (Å²) in [7, 11) is 0. The van der Waals surface area contributed by atoms with E-state index in [1.54, 1.807) is 0 Å². The highest BCUT2D eigenvalue weighted by molar-refractivity contribution is 14.0. The van der Waals surface area contributed by atoms with Crippen molar-refractivity contribution in [1.29, 1.82) is 0 Å². The maximum Gasteiger partial charge on any atom is 0.191 e. The molecular weight excluding hydrogens is 504 g/mol. The standard InChI is InChI=1S/C20H30FN5OS.HI/c21-17-1-3-18(4-2-17)24-6-8-25(9-7-24)19(22)23-15-20(5-14-28-16-20)26-10-12-27-13-11-26;/h1-4H,5-16H2,(H2,22,23);1H. The molecule has 3 aliphatic heterocycles. The molecule has 3 aliphatic rings. The number of halogens is 2. The fourth-order valence-corrected chi connectivity index (χ4v) is 5.75. The Kier molecular flexibility index (Phi) is 8.29. The summed E-state index contributed by atoms with van der Waals surface area (Å²) in [6, 6.07) is 6.71. The van der Waals surface area contributed by atoms with Crippen molar-refractivity contribution < 1.29 is 9.13 Å². The van der Waals surface area contributed by atoms with Gasteiger partial charge in [0.25, 0.3) is 0 Å². The van der Waals surface area contributed by atoms with Gasteiger partial charge in [-0.2, -0.15) is 11.8 Å². The van der Waals surface area contributed by atoms with E-state index >= 15 is 0 Å². The number of thioether (sulfide) groups is 1. The normalized spacial score (nSPS) is 26.4. The van der Waals surface area contributed by atoms with Crippen LogP contribution in [0.2, 0.25) is 0 Å². The molecule has 1 atom stereocenters. The molecule has 162 valence electrons. The van der Waals surface area contributed by atoms with Crippen LogP contribution < -0.4 is 10.6 Å². The summed E-state index contributed by atoms with van der Waals surface area (Å²) >= 11 is 2.02. The SMILES string of the molecule is I.NC(=NCC1(N2CCOCC2)CCSC1)N1CCN(c2ccc(F)cc2)CC1. The predicted molar refractivity (Wildman–Crippen MR) is 129 cm³/mol. The molecule has 29 heavy (non-hydrogen) atoms. The summed E-state index contributed by atoms with van der Waals surface area (Å²) in [5, 5.41) is 0. The summed E-state index contributed by atoms with van der Waals surface area (Å²) in [5.74, 6) is 2.78. The average molecular weight is 535 g/mol. The molecule has 0 aliphatic carbocycles. The zero-order valence-electron chi connectivity index (χ0n) is 16.8. The number of anilines is 1. The highest BCUT2D eigenvalue weighted by Gasteiger charge is 2.40. The maximum absolute atomic E-state index is 13.1. The first-order valence-electron chi connectivity index (χ1n) is 10.1. The molecule has 4 rings (SSSR count). The maximum atomic E-state index is 13.1. The van der Waals surface area contributed by atoms with Crippen LogP contribution in [-0.4, -0.2) is 91.8 Å². The molecule has 0 saturated carbocycles. The van der Waals surface area contributed by atoms with Crippen LogP contribution in [0.4, 0.5) is 10.1 Å². The molecule has 0 spiro atoms. The lowest BCUT2D eigenvalue weighted by Crippen LogP contribution is -2.56. The van der Waals surface area contributed by atoms with Gasteiger partial charge in [0, 0.05) is 50.7 Å². The third kappa shape index (κ3) is 5.48. The molecule has 0 aromatic heterocycles. The first-order valence-corrected chi connectivity index (χ1v) is 11.3. The Bertz CT molecular complexity index is 672. The van der Waals surface area contributed by atoms with Crippen LogP contribution in [-0.2, 0) is 4.74 Å². The monoisotopic (exact) mass is 535 g/mol. The van der Waals surface area contributed by atoms with E-state index < -0.39 is 0 Å². The Morgan fingerprint density at radius 2 is 1.79 bits per heavy atom. The van der Waals surface area contributed by atoms with Gasteiger partial charge in [0.2, 0.25) is 0 Å². The number of guanidine groups is 1. The van der Waals surface area contributed by atoms with Crippen molar-refractivity contribution >= 4 is 47.4 Å². The van der Waals surface area contributed by atoms with Crippen molar-refractivity contribution in [1.82, 2.24) is 9.80 Å². The van der Waals surface area contributed by atoms with E-state index in [4.69, 9.17) is 15.5 Å². The van der Waals surface area contributed by atoms with Crippen LogP contribution in [0.1, 0.15) is 6.42 Å². The van der Waals surface area contributed by atoms with Gasteiger partial charge in [-0.3, -0.25) is 9.89 Å². The Labute approximate surface area is 194 Å². The summed E-state index contributed by atoms with van der Waals surface area (Å²) in [5.41, 5.74) is 7.57. The molecule has 1 unspecified atom stereocenters. The Hall–Kier alpha value is -0.780. The molecule has 0 bridgehead atoms.